The Bertz CT molecular complexity index is 2020. The van der Waals surface area contributed by atoms with E-state index in [1.165, 1.54) is 5.56 Å². The molecular weight excluding hydrogens is 614 g/mol. The Kier molecular flexibility index (Phi) is 8.42. The van der Waals surface area contributed by atoms with Gasteiger partial charge in [0.1, 0.15) is 12.1 Å². The molecule has 1 unspecified atom stereocenters. The Labute approximate surface area is 285 Å². The quantitative estimate of drug-likeness (QED) is 0.206. The minimum atomic E-state index is -0.110. The average molecular weight is 656 g/mol. The lowest BCUT2D eigenvalue weighted by Crippen LogP contribution is -2.39. The number of hydrogen-bond acceptors (Lipinski definition) is 8. The maximum atomic E-state index is 14.1. The minimum Gasteiger partial charge on any atom is -0.467 e. The molecule has 2 saturated heterocycles. The van der Waals surface area contributed by atoms with E-state index in [0.29, 0.717) is 18.7 Å². The summed E-state index contributed by atoms with van der Waals surface area (Å²) in [4.78, 5) is 26.3. The highest BCUT2D eigenvalue weighted by atomic mass is 16.3. The van der Waals surface area contributed by atoms with Crippen molar-refractivity contribution in [1.29, 1.82) is 0 Å². The van der Waals surface area contributed by atoms with Gasteiger partial charge in [0, 0.05) is 43.7 Å². The van der Waals surface area contributed by atoms with Gasteiger partial charge in [-0.25, -0.2) is 9.67 Å². The van der Waals surface area contributed by atoms with Crippen LogP contribution in [0.5, 0.6) is 0 Å². The summed E-state index contributed by atoms with van der Waals surface area (Å²) in [6.07, 6.45) is 6.27. The first-order valence-electron chi connectivity index (χ1n) is 17.2. The van der Waals surface area contributed by atoms with Gasteiger partial charge < -0.3 is 23.7 Å². The van der Waals surface area contributed by atoms with Crippen LogP contribution in [0.4, 0.5) is 5.95 Å². The molecule has 11 nitrogen and oxygen atoms in total. The third-order valence-electron chi connectivity index (χ3n) is 10.4. The van der Waals surface area contributed by atoms with Crippen molar-refractivity contribution in [1.82, 2.24) is 39.6 Å². The number of tetrazole rings is 1. The zero-order valence-corrected chi connectivity index (χ0v) is 27.9. The second-order valence-corrected chi connectivity index (χ2v) is 13.4. The normalized spacial score (nSPS) is 18.7. The molecule has 6 aromatic rings. The van der Waals surface area contributed by atoms with Gasteiger partial charge in [-0.1, -0.05) is 48.5 Å². The molecule has 0 spiro atoms. The minimum absolute atomic E-state index is 0.0630. The molecule has 11 heteroatoms. The number of nitrogens with zero attached hydrogens (tertiary/aromatic N) is 9. The monoisotopic (exact) mass is 655 g/mol. The van der Waals surface area contributed by atoms with Crippen LogP contribution < -0.4 is 4.90 Å². The van der Waals surface area contributed by atoms with Gasteiger partial charge in [-0.3, -0.25) is 4.79 Å². The SMILES string of the molecule is Cc1ccc(-n2cnnn2)cc1C(=O)N1CCC(CCN2CCCN(c3nc4ccccc4n3Cc3ccco3)CC2)(c2ccccc2)C1. The predicted octanol–water partition coefficient (Wildman–Crippen LogP) is 5.35. The second-order valence-electron chi connectivity index (χ2n) is 13.4. The van der Waals surface area contributed by atoms with E-state index in [1.807, 2.05) is 42.2 Å². The van der Waals surface area contributed by atoms with Crippen LogP contribution in [0.25, 0.3) is 16.7 Å². The summed E-state index contributed by atoms with van der Waals surface area (Å²) in [6.45, 7) is 8.89. The lowest BCUT2D eigenvalue weighted by Gasteiger charge is -2.33. The van der Waals surface area contributed by atoms with Crippen LogP contribution in [0.1, 0.15) is 46.5 Å². The Hall–Kier alpha value is -5.29. The summed E-state index contributed by atoms with van der Waals surface area (Å²) >= 11 is 0. The number of aryl methyl sites for hydroxylation is 1. The second kappa shape index (κ2) is 13.3. The fraction of sp³-hybridized carbons (Fsp3) is 0.342. The van der Waals surface area contributed by atoms with Crippen LogP contribution >= 0.6 is 0 Å². The van der Waals surface area contributed by atoms with E-state index in [2.05, 4.69) is 84.5 Å². The maximum Gasteiger partial charge on any atom is 0.254 e. The smallest absolute Gasteiger partial charge is 0.254 e. The number of rotatable bonds is 9. The fourth-order valence-corrected chi connectivity index (χ4v) is 7.64. The molecule has 0 radical (unpaired) electrons. The first-order chi connectivity index (χ1) is 24.1. The van der Waals surface area contributed by atoms with Gasteiger partial charge >= 0.3 is 0 Å². The Balaban J connectivity index is 0.981. The highest BCUT2D eigenvalue weighted by molar-refractivity contribution is 5.96. The molecular formula is C38H41N9O2. The van der Waals surface area contributed by atoms with Gasteiger partial charge in [0.2, 0.25) is 5.95 Å². The zero-order chi connectivity index (χ0) is 33.2. The van der Waals surface area contributed by atoms with E-state index in [9.17, 15) is 4.79 Å². The lowest BCUT2D eigenvalue weighted by molar-refractivity contribution is 0.0780. The van der Waals surface area contributed by atoms with Crippen LogP contribution in [-0.4, -0.2) is 91.3 Å². The molecule has 49 heavy (non-hydrogen) atoms. The molecule has 2 fully saturated rings. The Morgan fingerprint density at radius 1 is 0.918 bits per heavy atom. The molecule has 1 amide bonds. The molecule has 250 valence electrons. The van der Waals surface area contributed by atoms with Crippen molar-refractivity contribution >= 4 is 22.9 Å². The molecule has 8 rings (SSSR count). The van der Waals surface area contributed by atoms with Crippen LogP contribution in [0.15, 0.2) is 102 Å². The fourth-order valence-electron chi connectivity index (χ4n) is 7.64. The molecule has 0 N–H and O–H groups in total. The predicted molar refractivity (Wildman–Crippen MR) is 188 cm³/mol. The number of benzene rings is 3. The molecule has 2 aliphatic heterocycles. The highest BCUT2D eigenvalue weighted by Crippen LogP contribution is 2.39. The largest absolute Gasteiger partial charge is 0.467 e. The number of hydrogen-bond donors (Lipinski definition) is 0. The van der Waals surface area contributed by atoms with Crippen molar-refractivity contribution in [2.75, 3.05) is 50.7 Å². The van der Waals surface area contributed by atoms with E-state index in [4.69, 9.17) is 9.40 Å². The van der Waals surface area contributed by atoms with Crippen molar-refractivity contribution < 1.29 is 9.21 Å². The van der Waals surface area contributed by atoms with Crippen molar-refractivity contribution in [3.05, 3.63) is 120 Å². The summed E-state index contributed by atoms with van der Waals surface area (Å²) in [7, 11) is 0. The molecule has 1 atom stereocenters. The zero-order valence-electron chi connectivity index (χ0n) is 27.9. The summed E-state index contributed by atoms with van der Waals surface area (Å²) in [5.74, 6) is 1.99. The molecule has 2 aliphatic rings. The first kappa shape index (κ1) is 31.0. The maximum absolute atomic E-state index is 14.1. The molecule has 3 aromatic carbocycles. The van der Waals surface area contributed by atoms with Gasteiger partial charge in [-0.05, 0) is 97.2 Å². The van der Waals surface area contributed by atoms with Crippen molar-refractivity contribution in [2.24, 2.45) is 0 Å². The number of carbonyl (C=O) groups is 1. The summed E-state index contributed by atoms with van der Waals surface area (Å²) < 4.78 is 9.61. The van der Waals surface area contributed by atoms with E-state index < -0.39 is 0 Å². The summed E-state index contributed by atoms with van der Waals surface area (Å²) in [5, 5.41) is 11.5. The van der Waals surface area contributed by atoms with Gasteiger partial charge in [0.05, 0.1) is 29.5 Å². The van der Waals surface area contributed by atoms with Gasteiger partial charge in [-0.2, -0.15) is 0 Å². The Morgan fingerprint density at radius 3 is 2.63 bits per heavy atom. The number of amides is 1. The number of aromatic nitrogens is 6. The number of carbonyl (C=O) groups excluding carboxylic acids is 1. The summed E-state index contributed by atoms with van der Waals surface area (Å²) in [5.41, 5.74) is 5.76. The van der Waals surface area contributed by atoms with Gasteiger partial charge in [-0.15, -0.1) is 5.10 Å². The number of furan rings is 1. The van der Waals surface area contributed by atoms with E-state index in [1.54, 1.807) is 17.3 Å². The van der Waals surface area contributed by atoms with Crippen molar-refractivity contribution in [3.8, 4) is 5.69 Å². The first-order valence-corrected chi connectivity index (χ1v) is 17.2. The Morgan fingerprint density at radius 2 is 1.80 bits per heavy atom. The molecule has 3 aromatic heterocycles. The molecule has 0 saturated carbocycles. The van der Waals surface area contributed by atoms with E-state index in [-0.39, 0.29) is 11.3 Å². The number of fused-ring (bicyclic) bond motifs is 1. The van der Waals surface area contributed by atoms with Crippen LogP contribution in [0.2, 0.25) is 0 Å². The molecule has 5 heterocycles. The van der Waals surface area contributed by atoms with E-state index >= 15 is 0 Å². The van der Waals surface area contributed by atoms with Gasteiger partial charge in [0.15, 0.2) is 0 Å². The highest BCUT2D eigenvalue weighted by Gasteiger charge is 2.42. The third-order valence-corrected chi connectivity index (χ3v) is 10.4. The van der Waals surface area contributed by atoms with Crippen molar-refractivity contribution in [2.45, 2.75) is 38.1 Å². The standard InChI is InChI=1S/C38H41N9O2/c1-29-14-15-31(47-28-39-41-42-47)25-33(29)36(48)45-21-17-38(27-45,30-9-3-2-4-10-30)16-20-43-18-8-19-44(23-22-43)37-40-34-12-5-6-13-35(34)46(37)26-32-11-7-24-49-32/h2-7,9-15,24-25,28H,8,16-23,26-27H2,1H3. The van der Waals surface area contributed by atoms with Crippen LogP contribution in [0.3, 0.4) is 0 Å². The van der Waals surface area contributed by atoms with E-state index in [0.717, 1.165) is 92.5 Å². The van der Waals surface area contributed by atoms with Crippen LogP contribution in [0, 0.1) is 6.92 Å². The number of anilines is 1. The molecule has 0 aliphatic carbocycles. The van der Waals surface area contributed by atoms with Gasteiger partial charge in [0.25, 0.3) is 5.91 Å². The number of para-hydroxylation sites is 2. The lowest BCUT2D eigenvalue weighted by atomic mass is 9.76. The number of imidazole rings is 1. The topological polar surface area (TPSA) is 101 Å². The molecule has 0 bridgehead atoms. The van der Waals surface area contributed by atoms with Crippen LogP contribution in [-0.2, 0) is 12.0 Å². The average Bonchev–Trinajstić information content (AvgIpc) is 3.96. The summed E-state index contributed by atoms with van der Waals surface area (Å²) in [6, 6.07) is 29.0. The van der Waals surface area contributed by atoms with Crippen molar-refractivity contribution in [3.63, 3.8) is 0 Å². The third kappa shape index (κ3) is 6.22. The number of likely N-dealkylation sites (tertiary alicyclic amines) is 1.